The van der Waals surface area contributed by atoms with Crippen LogP contribution >= 0.6 is 0 Å². The smallest absolute Gasteiger partial charge is 0.223 e. The zero-order valence-electron chi connectivity index (χ0n) is 16.3. The second kappa shape index (κ2) is 8.42. The maximum absolute atomic E-state index is 12.5. The molecule has 1 saturated heterocycles. The molecule has 6 heteroatoms. The molecule has 2 aromatic heterocycles. The van der Waals surface area contributed by atoms with Gasteiger partial charge in [0, 0.05) is 61.8 Å². The fraction of sp³-hybridized carbons (Fsp3) is 0.409. The monoisotopic (exact) mass is 377 g/mol. The lowest BCUT2D eigenvalue weighted by Crippen LogP contribution is -2.41. The van der Waals surface area contributed by atoms with Gasteiger partial charge in [-0.2, -0.15) is 0 Å². The zero-order chi connectivity index (χ0) is 19.3. The van der Waals surface area contributed by atoms with Gasteiger partial charge in [-0.3, -0.25) is 9.78 Å². The Bertz CT molecular complexity index is 929. The van der Waals surface area contributed by atoms with E-state index in [1.807, 2.05) is 23.3 Å². The van der Waals surface area contributed by atoms with Crippen LogP contribution in [0.2, 0.25) is 0 Å². The third-order valence-corrected chi connectivity index (χ3v) is 5.53. The number of nitrogens with one attached hydrogen (secondary N) is 1. The van der Waals surface area contributed by atoms with Crippen LogP contribution in [-0.4, -0.2) is 40.1 Å². The number of carbonyl (C=O) groups is 1. The summed E-state index contributed by atoms with van der Waals surface area (Å²) in [6.45, 7) is 5.51. The number of imidazole rings is 1. The van der Waals surface area contributed by atoms with Crippen LogP contribution in [-0.2, 0) is 11.3 Å². The number of aromatic nitrogens is 3. The maximum atomic E-state index is 12.5. The molecule has 146 valence electrons. The standard InChI is InChI=1S/C22H27N5O/c1-17-3-4-20-19(15-17)21(5-9-24-20)27-12-6-18(7-13-27)22(28)25-8-2-11-26-14-10-23-16-26/h3-5,9-10,14-16,18H,2,6-8,11-13H2,1H3,(H,25,28). The number of fused-ring (bicyclic) bond motifs is 1. The molecule has 0 unspecified atom stereocenters. The molecule has 0 bridgehead atoms. The van der Waals surface area contributed by atoms with E-state index in [9.17, 15) is 4.79 Å². The molecular formula is C22H27N5O. The molecule has 0 spiro atoms. The predicted molar refractivity (Wildman–Crippen MR) is 111 cm³/mol. The summed E-state index contributed by atoms with van der Waals surface area (Å²) in [5, 5.41) is 4.30. The summed E-state index contributed by atoms with van der Waals surface area (Å²) in [5.74, 6) is 0.306. The number of amides is 1. The minimum absolute atomic E-state index is 0.110. The normalized spacial score (nSPS) is 15.1. The first-order valence-corrected chi connectivity index (χ1v) is 10.0. The van der Waals surface area contributed by atoms with Crippen molar-refractivity contribution in [2.45, 2.75) is 32.7 Å². The van der Waals surface area contributed by atoms with Crippen LogP contribution in [0, 0.1) is 12.8 Å². The third-order valence-electron chi connectivity index (χ3n) is 5.53. The number of hydrogen-bond donors (Lipinski definition) is 1. The van der Waals surface area contributed by atoms with Crippen molar-refractivity contribution in [2.75, 3.05) is 24.5 Å². The summed E-state index contributed by atoms with van der Waals surface area (Å²) in [4.78, 5) is 23.4. The van der Waals surface area contributed by atoms with Crippen molar-refractivity contribution in [3.63, 3.8) is 0 Å². The van der Waals surface area contributed by atoms with Gasteiger partial charge >= 0.3 is 0 Å². The Morgan fingerprint density at radius 2 is 2.07 bits per heavy atom. The number of rotatable bonds is 6. The number of aryl methyl sites for hydroxylation is 2. The minimum atomic E-state index is 0.110. The second-order valence-electron chi connectivity index (χ2n) is 7.56. The number of nitrogens with zero attached hydrogens (tertiary/aromatic N) is 4. The highest BCUT2D eigenvalue weighted by atomic mass is 16.1. The van der Waals surface area contributed by atoms with E-state index in [1.54, 1.807) is 6.20 Å². The molecule has 1 amide bonds. The molecule has 1 aliphatic rings. The predicted octanol–water partition coefficient (Wildman–Crippen LogP) is 3.16. The molecule has 4 rings (SSSR count). The van der Waals surface area contributed by atoms with Gasteiger partial charge in [-0.1, -0.05) is 11.6 Å². The van der Waals surface area contributed by atoms with Gasteiger partial charge in [0.05, 0.1) is 11.8 Å². The quantitative estimate of drug-likeness (QED) is 0.670. The number of carbonyl (C=O) groups excluding carboxylic acids is 1. The van der Waals surface area contributed by atoms with Crippen molar-refractivity contribution in [3.8, 4) is 0 Å². The van der Waals surface area contributed by atoms with E-state index in [1.165, 1.54) is 16.6 Å². The summed E-state index contributed by atoms with van der Waals surface area (Å²) in [6, 6.07) is 8.48. The van der Waals surface area contributed by atoms with Crippen molar-refractivity contribution in [3.05, 3.63) is 54.7 Å². The molecule has 3 aromatic rings. The Balaban J connectivity index is 1.30. The molecule has 1 N–H and O–H groups in total. The van der Waals surface area contributed by atoms with Crippen molar-refractivity contribution in [1.82, 2.24) is 19.9 Å². The minimum Gasteiger partial charge on any atom is -0.371 e. The second-order valence-corrected chi connectivity index (χ2v) is 7.56. The average molecular weight is 377 g/mol. The lowest BCUT2D eigenvalue weighted by atomic mass is 9.95. The molecule has 28 heavy (non-hydrogen) atoms. The van der Waals surface area contributed by atoms with Crippen LogP contribution in [0.1, 0.15) is 24.8 Å². The molecule has 0 aliphatic carbocycles. The van der Waals surface area contributed by atoms with Gasteiger partial charge in [-0.15, -0.1) is 0 Å². The summed E-state index contributed by atoms with van der Waals surface area (Å²) < 4.78 is 2.03. The van der Waals surface area contributed by atoms with Crippen LogP contribution in [0.5, 0.6) is 0 Å². The fourth-order valence-electron chi connectivity index (χ4n) is 3.94. The van der Waals surface area contributed by atoms with Crippen molar-refractivity contribution < 1.29 is 4.79 Å². The Morgan fingerprint density at radius 3 is 2.86 bits per heavy atom. The van der Waals surface area contributed by atoms with Gasteiger partial charge in [0.25, 0.3) is 0 Å². The van der Waals surface area contributed by atoms with E-state index in [2.05, 4.69) is 51.4 Å². The van der Waals surface area contributed by atoms with E-state index in [0.717, 1.165) is 44.4 Å². The molecule has 6 nitrogen and oxygen atoms in total. The molecular weight excluding hydrogens is 350 g/mol. The Morgan fingerprint density at radius 1 is 1.21 bits per heavy atom. The van der Waals surface area contributed by atoms with E-state index in [4.69, 9.17) is 0 Å². The summed E-state index contributed by atoms with van der Waals surface area (Å²) in [6.07, 6.45) is 10.1. The van der Waals surface area contributed by atoms with E-state index in [0.29, 0.717) is 6.54 Å². The van der Waals surface area contributed by atoms with E-state index >= 15 is 0 Å². The molecule has 0 atom stereocenters. The van der Waals surface area contributed by atoms with Gasteiger partial charge in [0.15, 0.2) is 0 Å². The van der Waals surface area contributed by atoms with Crippen molar-refractivity contribution in [1.29, 1.82) is 0 Å². The Kier molecular flexibility index (Phi) is 5.55. The third kappa shape index (κ3) is 4.16. The first-order valence-electron chi connectivity index (χ1n) is 10.0. The SMILES string of the molecule is Cc1ccc2nccc(N3CCC(C(=O)NCCCn4ccnc4)CC3)c2c1. The van der Waals surface area contributed by atoms with Gasteiger partial charge in [0.1, 0.15) is 0 Å². The molecule has 1 aliphatic heterocycles. The average Bonchev–Trinajstić information content (AvgIpc) is 3.24. The van der Waals surface area contributed by atoms with Crippen LogP contribution in [0.25, 0.3) is 10.9 Å². The molecule has 0 saturated carbocycles. The fourth-order valence-corrected chi connectivity index (χ4v) is 3.94. The van der Waals surface area contributed by atoms with E-state index < -0.39 is 0 Å². The van der Waals surface area contributed by atoms with Crippen LogP contribution in [0.4, 0.5) is 5.69 Å². The van der Waals surface area contributed by atoms with Crippen LogP contribution in [0.15, 0.2) is 49.2 Å². The van der Waals surface area contributed by atoms with Crippen molar-refractivity contribution >= 4 is 22.5 Å². The highest BCUT2D eigenvalue weighted by Crippen LogP contribution is 2.30. The van der Waals surface area contributed by atoms with Gasteiger partial charge in [-0.05, 0) is 44.4 Å². The summed E-state index contributed by atoms with van der Waals surface area (Å²) in [7, 11) is 0. The first-order chi connectivity index (χ1) is 13.7. The lowest BCUT2D eigenvalue weighted by molar-refractivity contribution is -0.125. The van der Waals surface area contributed by atoms with Crippen molar-refractivity contribution in [2.24, 2.45) is 5.92 Å². The molecule has 3 heterocycles. The molecule has 0 radical (unpaired) electrons. The van der Waals surface area contributed by atoms with Gasteiger partial charge < -0.3 is 14.8 Å². The Labute approximate surface area is 165 Å². The Hall–Kier alpha value is -2.89. The van der Waals surface area contributed by atoms with Gasteiger partial charge in [-0.25, -0.2) is 4.98 Å². The highest BCUT2D eigenvalue weighted by molar-refractivity contribution is 5.92. The lowest BCUT2D eigenvalue weighted by Gasteiger charge is -2.33. The first kappa shape index (κ1) is 18.5. The zero-order valence-corrected chi connectivity index (χ0v) is 16.3. The van der Waals surface area contributed by atoms with E-state index in [-0.39, 0.29) is 11.8 Å². The summed E-state index contributed by atoms with van der Waals surface area (Å²) in [5.41, 5.74) is 3.50. The van der Waals surface area contributed by atoms with Crippen LogP contribution in [0.3, 0.4) is 0 Å². The molecule has 1 fully saturated rings. The number of pyridine rings is 1. The highest BCUT2D eigenvalue weighted by Gasteiger charge is 2.25. The number of hydrogen-bond acceptors (Lipinski definition) is 4. The number of anilines is 1. The summed E-state index contributed by atoms with van der Waals surface area (Å²) >= 11 is 0. The number of benzene rings is 1. The van der Waals surface area contributed by atoms with Crippen LogP contribution < -0.4 is 10.2 Å². The maximum Gasteiger partial charge on any atom is 0.223 e. The number of piperidine rings is 1. The molecule has 1 aromatic carbocycles. The largest absolute Gasteiger partial charge is 0.371 e. The topological polar surface area (TPSA) is 63.1 Å². The van der Waals surface area contributed by atoms with Gasteiger partial charge in [0.2, 0.25) is 5.91 Å².